The smallest absolute Gasteiger partial charge is 0.153 e. The summed E-state index contributed by atoms with van der Waals surface area (Å²) in [6.45, 7) is 0.676. The van der Waals surface area contributed by atoms with Crippen LogP contribution in [-0.2, 0) is 6.54 Å². The first-order valence-corrected chi connectivity index (χ1v) is 6.36. The zero-order chi connectivity index (χ0) is 13.8. The fraction of sp³-hybridized carbons (Fsp3) is 0.0667. The Morgan fingerprint density at radius 3 is 2.70 bits per heavy atom. The van der Waals surface area contributed by atoms with Gasteiger partial charge >= 0.3 is 0 Å². The minimum Gasteiger partial charge on any atom is -0.398 e. The molecule has 0 fully saturated rings. The van der Waals surface area contributed by atoms with Crippen LogP contribution in [0.3, 0.4) is 0 Å². The third-order valence-corrected chi connectivity index (χ3v) is 3.03. The van der Waals surface area contributed by atoms with Crippen LogP contribution < -0.4 is 11.1 Å². The summed E-state index contributed by atoms with van der Waals surface area (Å²) in [5.41, 5.74) is 8.72. The molecule has 20 heavy (non-hydrogen) atoms. The molecule has 3 aromatic rings. The van der Waals surface area contributed by atoms with Gasteiger partial charge in [-0.2, -0.15) is 5.10 Å². The summed E-state index contributed by atoms with van der Waals surface area (Å²) in [6, 6.07) is 13.6. The maximum atomic E-state index is 5.91. The quantitative estimate of drug-likeness (QED) is 0.711. The summed E-state index contributed by atoms with van der Waals surface area (Å²) in [5, 5.41) is 7.44. The number of para-hydroxylation sites is 1. The lowest BCUT2D eigenvalue weighted by atomic mass is 10.2. The Bertz CT molecular complexity index is 674. The van der Waals surface area contributed by atoms with E-state index in [-0.39, 0.29) is 0 Å². The molecule has 0 saturated carbocycles. The Hall–Kier alpha value is -2.82. The van der Waals surface area contributed by atoms with E-state index < -0.39 is 0 Å². The van der Waals surface area contributed by atoms with E-state index in [4.69, 9.17) is 5.73 Å². The Morgan fingerprint density at radius 2 is 2.00 bits per heavy atom. The van der Waals surface area contributed by atoms with E-state index in [9.17, 15) is 0 Å². The number of pyridine rings is 1. The molecular weight excluding hydrogens is 250 g/mol. The molecule has 0 unspecified atom stereocenters. The average molecular weight is 265 g/mol. The zero-order valence-corrected chi connectivity index (χ0v) is 10.9. The van der Waals surface area contributed by atoms with Crippen LogP contribution in [0.25, 0.3) is 5.82 Å². The number of aromatic nitrogens is 3. The van der Waals surface area contributed by atoms with Gasteiger partial charge in [0.25, 0.3) is 0 Å². The lowest BCUT2D eigenvalue weighted by Gasteiger charge is -2.09. The van der Waals surface area contributed by atoms with Crippen LogP contribution in [0.5, 0.6) is 0 Å². The van der Waals surface area contributed by atoms with Crippen LogP contribution in [0.4, 0.5) is 11.4 Å². The number of nitrogens with two attached hydrogens (primary N) is 1. The monoisotopic (exact) mass is 265 g/mol. The predicted octanol–water partition coefficient (Wildman–Crippen LogP) is 2.46. The van der Waals surface area contributed by atoms with Crippen molar-refractivity contribution in [3.05, 3.63) is 66.6 Å². The van der Waals surface area contributed by atoms with Gasteiger partial charge in [-0.05, 0) is 29.8 Å². The third kappa shape index (κ3) is 2.61. The van der Waals surface area contributed by atoms with Crippen molar-refractivity contribution in [3.8, 4) is 5.82 Å². The lowest BCUT2D eigenvalue weighted by Crippen LogP contribution is -2.04. The summed E-state index contributed by atoms with van der Waals surface area (Å²) in [5.74, 6) is 0.791. The molecule has 100 valence electrons. The second-order valence-corrected chi connectivity index (χ2v) is 4.41. The van der Waals surface area contributed by atoms with Gasteiger partial charge in [0, 0.05) is 24.6 Å². The van der Waals surface area contributed by atoms with Crippen molar-refractivity contribution >= 4 is 11.4 Å². The number of nitrogens with one attached hydrogen (secondary N) is 1. The zero-order valence-electron chi connectivity index (χ0n) is 10.9. The van der Waals surface area contributed by atoms with Crippen molar-refractivity contribution in [1.82, 2.24) is 14.8 Å². The Balaban J connectivity index is 1.68. The largest absolute Gasteiger partial charge is 0.398 e. The molecular formula is C15H15N5. The molecule has 2 heterocycles. The highest BCUT2D eigenvalue weighted by Crippen LogP contribution is 2.14. The maximum absolute atomic E-state index is 5.91. The van der Waals surface area contributed by atoms with E-state index in [1.165, 1.54) is 0 Å². The number of hydrogen-bond acceptors (Lipinski definition) is 4. The first-order valence-electron chi connectivity index (χ1n) is 6.36. The number of nitrogen functional groups attached to an aromatic ring is 1. The Morgan fingerprint density at radius 1 is 1.10 bits per heavy atom. The van der Waals surface area contributed by atoms with Gasteiger partial charge in [0.15, 0.2) is 5.82 Å². The molecule has 3 rings (SSSR count). The average Bonchev–Trinajstić information content (AvgIpc) is 3.01. The maximum Gasteiger partial charge on any atom is 0.153 e. The van der Waals surface area contributed by atoms with Gasteiger partial charge in [0.05, 0.1) is 11.9 Å². The van der Waals surface area contributed by atoms with E-state index >= 15 is 0 Å². The highest BCUT2D eigenvalue weighted by atomic mass is 15.3. The lowest BCUT2D eigenvalue weighted by molar-refractivity contribution is 0.847. The van der Waals surface area contributed by atoms with Crippen molar-refractivity contribution in [3.63, 3.8) is 0 Å². The third-order valence-electron chi connectivity index (χ3n) is 3.03. The molecule has 1 aromatic carbocycles. The minimum atomic E-state index is 0.676. The number of rotatable bonds is 4. The van der Waals surface area contributed by atoms with Gasteiger partial charge in [0.2, 0.25) is 0 Å². The molecule has 0 bridgehead atoms. The van der Waals surface area contributed by atoms with Crippen molar-refractivity contribution in [2.75, 3.05) is 11.1 Å². The van der Waals surface area contributed by atoms with Crippen molar-refractivity contribution in [2.24, 2.45) is 0 Å². The van der Waals surface area contributed by atoms with Gasteiger partial charge in [-0.3, -0.25) is 0 Å². The van der Waals surface area contributed by atoms with Crippen molar-refractivity contribution in [1.29, 1.82) is 0 Å². The Kier molecular flexibility index (Phi) is 3.33. The number of benzene rings is 1. The summed E-state index contributed by atoms with van der Waals surface area (Å²) in [6.07, 6.45) is 5.38. The number of anilines is 2. The standard InChI is InChI=1S/C15H15N5/c16-14-5-2-1-4-12(14)10-17-13-6-7-15(18-11-13)20-9-3-8-19-20/h1-9,11,17H,10,16H2. The number of hydrogen-bond donors (Lipinski definition) is 2. The van der Waals surface area contributed by atoms with Gasteiger partial charge in [-0.1, -0.05) is 18.2 Å². The van der Waals surface area contributed by atoms with Gasteiger partial charge in [-0.25, -0.2) is 9.67 Å². The minimum absolute atomic E-state index is 0.676. The van der Waals surface area contributed by atoms with E-state index in [0.29, 0.717) is 6.54 Å². The van der Waals surface area contributed by atoms with Gasteiger partial charge in [0.1, 0.15) is 0 Å². The van der Waals surface area contributed by atoms with Crippen LogP contribution in [0.1, 0.15) is 5.56 Å². The second kappa shape index (κ2) is 5.44. The first kappa shape index (κ1) is 12.2. The molecule has 0 saturated heterocycles. The topological polar surface area (TPSA) is 68.8 Å². The highest BCUT2D eigenvalue weighted by Gasteiger charge is 2.00. The van der Waals surface area contributed by atoms with Gasteiger partial charge in [-0.15, -0.1) is 0 Å². The summed E-state index contributed by atoms with van der Waals surface area (Å²) < 4.78 is 1.72. The van der Waals surface area contributed by atoms with E-state index in [2.05, 4.69) is 15.4 Å². The van der Waals surface area contributed by atoms with Crippen LogP contribution in [-0.4, -0.2) is 14.8 Å². The molecule has 3 N–H and O–H groups in total. The summed E-state index contributed by atoms with van der Waals surface area (Å²) >= 11 is 0. The van der Waals surface area contributed by atoms with Crippen molar-refractivity contribution in [2.45, 2.75) is 6.54 Å². The fourth-order valence-corrected chi connectivity index (χ4v) is 1.92. The van der Waals surface area contributed by atoms with Crippen LogP contribution in [0, 0.1) is 0 Å². The first-order chi connectivity index (χ1) is 9.83. The highest BCUT2D eigenvalue weighted by molar-refractivity contribution is 5.50. The molecule has 0 amide bonds. The summed E-state index contributed by atoms with van der Waals surface area (Å²) in [4.78, 5) is 4.36. The molecule has 0 aliphatic heterocycles. The molecule has 5 nitrogen and oxygen atoms in total. The Labute approximate surface area is 117 Å². The normalized spacial score (nSPS) is 10.4. The molecule has 0 radical (unpaired) electrons. The second-order valence-electron chi connectivity index (χ2n) is 4.41. The molecule has 0 aliphatic carbocycles. The van der Waals surface area contributed by atoms with Crippen LogP contribution in [0.2, 0.25) is 0 Å². The van der Waals surface area contributed by atoms with Crippen LogP contribution >= 0.6 is 0 Å². The van der Waals surface area contributed by atoms with E-state index in [1.54, 1.807) is 17.1 Å². The SMILES string of the molecule is Nc1ccccc1CNc1ccc(-n2cccn2)nc1. The molecule has 2 aromatic heterocycles. The van der Waals surface area contributed by atoms with Crippen LogP contribution in [0.15, 0.2) is 61.1 Å². The van der Waals surface area contributed by atoms with Crippen molar-refractivity contribution < 1.29 is 0 Å². The number of nitrogens with zero attached hydrogens (tertiary/aromatic N) is 3. The van der Waals surface area contributed by atoms with E-state index in [1.807, 2.05) is 48.7 Å². The van der Waals surface area contributed by atoms with Gasteiger partial charge < -0.3 is 11.1 Å². The van der Waals surface area contributed by atoms with E-state index in [0.717, 1.165) is 22.8 Å². The molecule has 5 heteroatoms. The summed E-state index contributed by atoms with van der Waals surface area (Å²) in [7, 11) is 0. The fourth-order valence-electron chi connectivity index (χ4n) is 1.92. The predicted molar refractivity (Wildman–Crippen MR) is 79.5 cm³/mol. The molecule has 0 atom stereocenters. The molecule has 0 spiro atoms. The molecule has 0 aliphatic rings.